The maximum absolute atomic E-state index is 6.19. The van der Waals surface area contributed by atoms with Gasteiger partial charge in [0.25, 0.3) is 0 Å². The summed E-state index contributed by atoms with van der Waals surface area (Å²) in [6.07, 6.45) is 2.58. The van der Waals surface area contributed by atoms with Crippen LogP contribution in [0, 0.1) is 11.8 Å². The van der Waals surface area contributed by atoms with E-state index in [2.05, 4.69) is 30.9 Å². The number of nitrogens with zero attached hydrogens (tertiary/aromatic N) is 1. The minimum absolute atomic E-state index is 0.349. The maximum atomic E-state index is 6.19. The van der Waals surface area contributed by atoms with Crippen LogP contribution in [0.2, 0.25) is 10.0 Å². The second-order valence-corrected chi connectivity index (χ2v) is 6.97. The van der Waals surface area contributed by atoms with Crippen molar-refractivity contribution in [1.82, 2.24) is 4.90 Å². The number of benzene rings is 1. The molecule has 0 radical (unpaired) electrons. The molecule has 2 aliphatic rings. The first-order valence-corrected chi connectivity index (χ1v) is 8.03. The van der Waals surface area contributed by atoms with Gasteiger partial charge in [-0.2, -0.15) is 0 Å². The van der Waals surface area contributed by atoms with Crippen molar-refractivity contribution in [2.75, 3.05) is 19.6 Å². The Kier molecular flexibility index (Phi) is 3.57. The number of unbranched alkanes of at least 4 members (excludes halogenated alkanes) is 1. The molecule has 2 unspecified atom stereocenters. The Morgan fingerprint density at radius 2 is 2.11 bits per heavy atom. The zero-order chi connectivity index (χ0) is 13.6. The molecule has 3 rings (SSSR count). The Morgan fingerprint density at radius 3 is 2.79 bits per heavy atom. The van der Waals surface area contributed by atoms with Gasteiger partial charge in [0.2, 0.25) is 0 Å². The highest BCUT2D eigenvalue weighted by atomic mass is 35.5. The largest absolute Gasteiger partial charge is 0.302 e. The van der Waals surface area contributed by atoms with E-state index in [0.29, 0.717) is 15.5 Å². The van der Waals surface area contributed by atoms with Crippen LogP contribution < -0.4 is 0 Å². The molecule has 1 saturated heterocycles. The molecule has 0 amide bonds. The van der Waals surface area contributed by atoms with Gasteiger partial charge in [-0.1, -0.05) is 49.5 Å². The highest BCUT2D eigenvalue weighted by Gasteiger charge is 2.66. The maximum Gasteiger partial charge on any atom is 0.0595 e. The Hall–Kier alpha value is -0.240. The molecule has 1 aliphatic carbocycles. The van der Waals surface area contributed by atoms with Crippen molar-refractivity contribution in [2.24, 2.45) is 11.8 Å². The lowest BCUT2D eigenvalue weighted by molar-refractivity contribution is 0.276. The molecule has 0 bridgehead atoms. The predicted octanol–water partition coefficient (Wildman–Crippen LogP) is 4.61. The topological polar surface area (TPSA) is 3.24 Å². The molecule has 2 fully saturated rings. The molecular weight excluding hydrogens is 277 g/mol. The normalized spacial score (nSPS) is 33.5. The lowest BCUT2D eigenvalue weighted by atomic mass is 9.93. The molecule has 1 nitrogen and oxygen atoms in total. The van der Waals surface area contributed by atoms with E-state index < -0.39 is 0 Å². The van der Waals surface area contributed by atoms with Crippen LogP contribution >= 0.6 is 23.2 Å². The summed E-state index contributed by atoms with van der Waals surface area (Å²) in [5.74, 6) is 1.59. The molecule has 1 aliphatic heterocycles. The fourth-order valence-electron chi connectivity index (χ4n) is 3.93. The van der Waals surface area contributed by atoms with Crippen molar-refractivity contribution >= 4 is 23.2 Å². The number of piperidine rings is 1. The van der Waals surface area contributed by atoms with Crippen LogP contribution in [0.3, 0.4) is 0 Å². The number of hydrogen-bond donors (Lipinski definition) is 0. The SMILES string of the molecule is CCCCN1C[C@@H]2C(C)C2(c2ccc(Cl)c(Cl)c2)C1. The number of rotatable bonds is 4. The Bertz CT molecular complexity index is 488. The van der Waals surface area contributed by atoms with E-state index >= 15 is 0 Å². The lowest BCUT2D eigenvalue weighted by Crippen LogP contribution is -2.29. The van der Waals surface area contributed by atoms with Crippen LogP contribution in [0.15, 0.2) is 18.2 Å². The Balaban J connectivity index is 1.81. The summed E-state index contributed by atoms with van der Waals surface area (Å²) in [7, 11) is 0. The molecule has 3 heteroatoms. The molecule has 104 valence electrons. The number of hydrogen-bond acceptors (Lipinski definition) is 1. The highest BCUT2D eigenvalue weighted by molar-refractivity contribution is 6.42. The van der Waals surface area contributed by atoms with Crippen LogP contribution in [0.25, 0.3) is 0 Å². The molecule has 1 aromatic carbocycles. The zero-order valence-electron chi connectivity index (χ0n) is 11.6. The number of likely N-dealkylation sites (tertiary alicyclic amines) is 1. The van der Waals surface area contributed by atoms with Crippen LogP contribution in [0.1, 0.15) is 32.3 Å². The summed E-state index contributed by atoms with van der Waals surface area (Å²) in [6.45, 7) is 8.32. The van der Waals surface area contributed by atoms with E-state index in [0.717, 1.165) is 11.8 Å². The van der Waals surface area contributed by atoms with E-state index in [9.17, 15) is 0 Å². The molecule has 0 N–H and O–H groups in total. The fourth-order valence-corrected chi connectivity index (χ4v) is 4.23. The second kappa shape index (κ2) is 4.95. The van der Waals surface area contributed by atoms with Gasteiger partial charge in [0.15, 0.2) is 0 Å². The highest BCUT2D eigenvalue weighted by Crippen LogP contribution is 2.64. The molecule has 19 heavy (non-hydrogen) atoms. The van der Waals surface area contributed by atoms with Crippen molar-refractivity contribution in [2.45, 2.75) is 32.1 Å². The van der Waals surface area contributed by atoms with Crippen molar-refractivity contribution in [3.63, 3.8) is 0 Å². The van der Waals surface area contributed by atoms with Gasteiger partial charge in [-0.25, -0.2) is 0 Å². The van der Waals surface area contributed by atoms with Gasteiger partial charge in [-0.15, -0.1) is 0 Å². The van der Waals surface area contributed by atoms with Crippen molar-refractivity contribution in [3.8, 4) is 0 Å². The third-order valence-corrected chi connectivity index (χ3v) is 5.93. The van der Waals surface area contributed by atoms with Crippen LogP contribution in [0.5, 0.6) is 0 Å². The van der Waals surface area contributed by atoms with E-state index in [1.165, 1.54) is 38.0 Å². The van der Waals surface area contributed by atoms with E-state index in [-0.39, 0.29) is 0 Å². The summed E-state index contributed by atoms with van der Waals surface area (Å²) in [5.41, 5.74) is 1.74. The Morgan fingerprint density at radius 1 is 1.32 bits per heavy atom. The molecule has 1 saturated carbocycles. The van der Waals surface area contributed by atoms with Crippen LogP contribution in [0.4, 0.5) is 0 Å². The summed E-state index contributed by atoms with van der Waals surface area (Å²) >= 11 is 12.2. The molecule has 3 atom stereocenters. The first kappa shape index (κ1) is 13.7. The van der Waals surface area contributed by atoms with Crippen LogP contribution in [-0.4, -0.2) is 24.5 Å². The first-order chi connectivity index (χ1) is 9.09. The molecule has 1 aromatic rings. The van der Waals surface area contributed by atoms with Gasteiger partial charge >= 0.3 is 0 Å². The molecule has 0 aromatic heterocycles. The smallest absolute Gasteiger partial charge is 0.0595 e. The third kappa shape index (κ3) is 2.11. The van der Waals surface area contributed by atoms with Gasteiger partial charge in [-0.05, 0) is 42.5 Å². The van der Waals surface area contributed by atoms with Crippen LogP contribution in [-0.2, 0) is 5.41 Å². The predicted molar refractivity (Wildman–Crippen MR) is 82.1 cm³/mol. The Labute approximate surface area is 125 Å². The minimum Gasteiger partial charge on any atom is -0.302 e. The minimum atomic E-state index is 0.349. The average Bonchev–Trinajstić information content (AvgIpc) is 2.80. The van der Waals surface area contributed by atoms with Gasteiger partial charge in [0.1, 0.15) is 0 Å². The summed E-state index contributed by atoms with van der Waals surface area (Å²) in [6, 6.07) is 6.21. The van der Waals surface area contributed by atoms with Crippen molar-refractivity contribution in [3.05, 3.63) is 33.8 Å². The zero-order valence-corrected chi connectivity index (χ0v) is 13.1. The monoisotopic (exact) mass is 297 g/mol. The molecule has 1 heterocycles. The average molecular weight is 298 g/mol. The van der Waals surface area contributed by atoms with Crippen molar-refractivity contribution < 1.29 is 0 Å². The van der Waals surface area contributed by atoms with Gasteiger partial charge in [0.05, 0.1) is 10.0 Å². The summed E-state index contributed by atoms with van der Waals surface area (Å²) in [4.78, 5) is 2.62. The standard InChI is InChI=1S/C16H21Cl2N/c1-3-4-7-19-9-13-11(2)16(13,10-19)12-5-6-14(17)15(18)8-12/h5-6,8,11,13H,3-4,7,9-10H2,1-2H3/t11?,13-,16?/m1/s1. The quantitative estimate of drug-likeness (QED) is 0.784. The second-order valence-electron chi connectivity index (χ2n) is 6.15. The number of fused-ring (bicyclic) bond motifs is 1. The number of halogens is 2. The lowest BCUT2D eigenvalue weighted by Gasteiger charge is -2.23. The summed E-state index contributed by atoms with van der Waals surface area (Å²) in [5, 5.41) is 1.35. The van der Waals surface area contributed by atoms with Gasteiger partial charge in [0, 0.05) is 18.5 Å². The van der Waals surface area contributed by atoms with Gasteiger partial charge in [-0.3, -0.25) is 0 Å². The fraction of sp³-hybridized carbons (Fsp3) is 0.625. The molecular formula is C16H21Cl2N. The first-order valence-electron chi connectivity index (χ1n) is 7.27. The van der Waals surface area contributed by atoms with Gasteiger partial charge < -0.3 is 4.90 Å². The van der Waals surface area contributed by atoms with Crippen molar-refractivity contribution in [1.29, 1.82) is 0 Å². The van der Waals surface area contributed by atoms with E-state index in [1.807, 2.05) is 6.07 Å². The third-order valence-electron chi connectivity index (χ3n) is 5.19. The summed E-state index contributed by atoms with van der Waals surface area (Å²) < 4.78 is 0. The molecule has 0 spiro atoms. The van der Waals surface area contributed by atoms with E-state index in [4.69, 9.17) is 23.2 Å². The van der Waals surface area contributed by atoms with E-state index in [1.54, 1.807) is 0 Å².